The van der Waals surface area contributed by atoms with E-state index in [1.165, 1.54) is 17.8 Å². The van der Waals surface area contributed by atoms with E-state index in [2.05, 4.69) is 24.5 Å². The number of thioether (sulfide) groups is 1. The second-order valence-electron chi connectivity index (χ2n) is 7.36. The standard InChI is InChI=1S/C21H24N4O4S/c1-14(2)9-12-30-19-8-3-15(13-18(19)25(28)29)20(26)23-16-4-6-17(7-5-16)24-11-10-22-21(24)27/h3-8,13-14H,9-12H2,1-2H3,(H,22,27)(H,23,26). The van der Waals surface area contributed by atoms with Crippen molar-refractivity contribution in [1.82, 2.24) is 5.32 Å². The molecule has 9 heteroatoms. The van der Waals surface area contributed by atoms with Gasteiger partial charge in [0.15, 0.2) is 0 Å². The van der Waals surface area contributed by atoms with Crippen LogP contribution in [-0.2, 0) is 0 Å². The molecule has 0 aromatic heterocycles. The lowest BCUT2D eigenvalue weighted by atomic mass is 10.1. The van der Waals surface area contributed by atoms with E-state index in [4.69, 9.17) is 0 Å². The Hall–Kier alpha value is -3.07. The van der Waals surface area contributed by atoms with Gasteiger partial charge in [-0.25, -0.2) is 4.79 Å². The molecule has 1 heterocycles. The number of nitrogens with one attached hydrogen (secondary N) is 2. The lowest BCUT2D eigenvalue weighted by molar-refractivity contribution is -0.387. The van der Waals surface area contributed by atoms with Crippen LogP contribution in [0.2, 0.25) is 0 Å². The van der Waals surface area contributed by atoms with Crippen LogP contribution < -0.4 is 15.5 Å². The molecule has 0 saturated carbocycles. The Morgan fingerprint density at radius 1 is 1.27 bits per heavy atom. The molecule has 158 valence electrons. The van der Waals surface area contributed by atoms with Gasteiger partial charge in [-0.3, -0.25) is 19.8 Å². The van der Waals surface area contributed by atoms with Gasteiger partial charge in [-0.05, 0) is 54.5 Å². The first-order chi connectivity index (χ1) is 14.3. The van der Waals surface area contributed by atoms with Gasteiger partial charge < -0.3 is 10.6 Å². The maximum atomic E-state index is 12.6. The molecule has 2 aromatic rings. The Morgan fingerprint density at radius 2 is 2.00 bits per heavy atom. The molecular formula is C21H24N4O4S. The summed E-state index contributed by atoms with van der Waals surface area (Å²) in [5, 5.41) is 16.9. The van der Waals surface area contributed by atoms with Crippen LogP contribution in [0.25, 0.3) is 0 Å². The third-order valence-corrected chi connectivity index (χ3v) is 5.76. The van der Waals surface area contributed by atoms with Crippen molar-refractivity contribution < 1.29 is 14.5 Å². The molecule has 8 nitrogen and oxygen atoms in total. The van der Waals surface area contributed by atoms with Crippen LogP contribution in [0.5, 0.6) is 0 Å². The Morgan fingerprint density at radius 3 is 2.60 bits per heavy atom. The summed E-state index contributed by atoms with van der Waals surface area (Å²) in [6.45, 7) is 5.40. The lowest BCUT2D eigenvalue weighted by Gasteiger charge is -2.14. The van der Waals surface area contributed by atoms with E-state index in [1.54, 1.807) is 41.3 Å². The SMILES string of the molecule is CC(C)CCSc1ccc(C(=O)Nc2ccc(N3CCNC3=O)cc2)cc1[N+](=O)[O-]. The van der Waals surface area contributed by atoms with Crippen LogP contribution in [0.4, 0.5) is 21.9 Å². The highest BCUT2D eigenvalue weighted by atomic mass is 32.2. The van der Waals surface area contributed by atoms with Gasteiger partial charge in [-0.2, -0.15) is 0 Å². The number of carbonyl (C=O) groups excluding carboxylic acids is 2. The van der Waals surface area contributed by atoms with Crippen molar-refractivity contribution in [2.45, 2.75) is 25.2 Å². The number of nitro groups is 1. The first-order valence-electron chi connectivity index (χ1n) is 9.73. The Labute approximate surface area is 179 Å². The number of hydrogen-bond donors (Lipinski definition) is 2. The maximum Gasteiger partial charge on any atom is 0.321 e. The molecule has 0 aliphatic carbocycles. The van der Waals surface area contributed by atoms with Crippen molar-refractivity contribution >= 4 is 40.8 Å². The molecule has 3 rings (SSSR count). The molecule has 30 heavy (non-hydrogen) atoms. The molecule has 1 fully saturated rings. The summed E-state index contributed by atoms with van der Waals surface area (Å²) in [4.78, 5) is 37.5. The monoisotopic (exact) mass is 428 g/mol. The Balaban J connectivity index is 1.69. The summed E-state index contributed by atoms with van der Waals surface area (Å²) in [7, 11) is 0. The van der Waals surface area contributed by atoms with Gasteiger partial charge in [-0.1, -0.05) is 13.8 Å². The van der Waals surface area contributed by atoms with Crippen LogP contribution >= 0.6 is 11.8 Å². The number of rotatable bonds is 8. The van der Waals surface area contributed by atoms with Crippen LogP contribution in [0.15, 0.2) is 47.4 Å². The third-order valence-electron chi connectivity index (χ3n) is 4.66. The van der Waals surface area contributed by atoms with Gasteiger partial charge in [0.05, 0.1) is 9.82 Å². The highest BCUT2D eigenvalue weighted by Crippen LogP contribution is 2.31. The topological polar surface area (TPSA) is 105 Å². The Bertz CT molecular complexity index is 947. The van der Waals surface area contributed by atoms with Crippen molar-refractivity contribution in [3.63, 3.8) is 0 Å². The van der Waals surface area contributed by atoms with Crippen LogP contribution in [0.3, 0.4) is 0 Å². The quantitative estimate of drug-likeness (QED) is 0.366. The highest BCUT2D eigenvalue weighted by Gasteiger charge is 2.21. The summed E-state index contributed by atoms with van der Waals surface area (Å²) in [5.74, 6) is 0.877. The number of benzene rings is 2. The molecule has 2 N–H and O–H groups in total. The van der Waals surface area contributed by atoms with Gasteiger partial charge >= 0.3 is 6.03 Å². The molecule has 2 aromatic carbocycles. The van der Waals surface area contributed by atoms with Gasteiger partial charge in [0.2, 0.25) is 0 Å². The largest absolute Gasteiger partial charge is 0.336 e. The smallest absolute Gasteiger partial charge is 0.321 e. The van der Waals surface area contributed by atoms with E-state index >= 15 is 0 Å². The average Bonchev–Trinajstić information content (AvgIpc) is 3.14. The Kier molecular flexibility index (Phi) is 6.94. The van der Waals surface area contributed by atoms with Crippen molar-refractivity contribution in [1.29, 1.82) is 0 Å². The molecule has 1 aliphatic rings. The number of nitrogens with zero attached hydrogens (tertiary/aromatic N) is 2. The minimum absolute atomic E-state index is 0.0631. The predicted octanol–water partition coefficient (Wildman–Crippen LogP) is 4.51. The third kappa shape index (κ3) is 5.29. The number of carbonyl (C=O) groups is 2. The van der Waals surface area contributed by atoms with E-state index in [0.717, 1.165) is 17.9 Å². The lowest BCUT2D eigenvalue weighted by Crippen LogP contribution is -2.27. The molecular weight excluding hydrogens is 404 g/mol. The molecule has 0 atom stereocenters. The number of anilines is 2. The molecule has 0 unspecified atom stereocenters. The summed E-state index contributed by atoms with van der Waals surface area (Å²) in [5.41, 5.74) is 1.44. The fraction of sp³-hybridized carbons (Fsp3) is 0.333. The van der Waals surface area contributed by atoms with E-state index in [-0.39, 0.29) is 17.3 Å². The van der Waals surface area contributed by atoms with Crippen molar-refractivity contribution in [3.05, 3.63) is 58.1 Å². The number of nitro benzene ring substituents is 1. The zero-order valence-corrected chi connectivity index (χ0v) is 17.7. The molecule has 3 amide bonds. The highest BCUT2D eigenvalue weighted by molar-refractivity contribution is 7.99. The zero-order valence-electron chi connectivity index (χ0n) is 16.9. The van der Waals surface area contributed by atoms with Gasteiger partial charge in [0, 0.05) is 36.1 Å². The summed E-state index contributed by atoms with van der Waals surface area (Å²) in [6, 6.07) is 11.3. The van der Waals surface area contributed by atoms with E-state index in [1.807, 2.05) is 0 Å². The molecule has 1 aliphatic heterocycles. The van der Waals surface area contributed by atoms with Crippen LogP contribution in [0.1, 0.15) is 30.6 Å². The fourth-order valence-electron chi connectivity index (χ4n) is 2.97. The first kappa shape index (κ1) is 21.6. The number of amides is 3. The predicted molar refractivity (Wildman–Crippen MR) is 118 cm³/mol. The second kappa shape index (κ2) is 9.62. The maximum absolute atomic E-state index is 12.6. The van der Waals surface area contributed by atoms with Gasteiger partial charge in [0.25, 0.3) is 11.6 Å². The summed E-state index contributed by atoms with van der Waals surface area (Å²) in [6.07, 6.45) is 0.957. The van der Waals surface area contributed by atoms with E-state index in [0.29, 0.717) is 29.6 Å². The summed E-state index contributed by atoms with van der Waals surface area (Å²) >= 11 is 1.43. The average molecular weight is 429 g/mol. The van der Waals surface area contributed by atoms with Crippen molar-refractivity contribution in [2.24, 2.45) is 5.92 Å². The zero-order chi connectivity index (χ0) is 21.7. The second-order valence-corrected chi connectivity index (χ2v) is 8.49. The summed E-state index contributed by atoms with van der Waals surface area (Å²) < 4.78 is 0. The van der Waals surface area contributed by atoms with Gasteiger partial charge in [0.1, 0.15) is 0 Å². The number of urea groups is 1. The molecule has 1 saturated heterocycles. The number of hydrogen-bond acceptors (Lipinski definition) is 5. The van der Waals surface area contributed by atoms with Gasteiger partial charge in [-0.15, -0.1) is 11.8 Å². The van der Waals surface area contributed by atoms with Crippen LogP contribution in [0, 0.1) is 16.0 Å². The van der Waals surface area contributed by atoms with Crippen molar-refractivity contribution in [3.8, 4) is 0 Å². The van der Waals surface area contributed by atoms with Crippen LogP contribution in [-0.4, -0.2) is 35.7 Å². The van der Waals surface area contributed by atoms with E-state index < -0.39 is 10.8 Å². The fourth-order valence-corrected chi connectivity index (χ4v) is 4.23. The minimum Gasteiger partial charge on any atom is -0.336 e. The normalized spacial score (nSPS) is 13.4. The molecule has 0 bridgehead atoms. The van der Waals surface area contributed by atoms with E-state index in [9.17, 15) is 19.7 Å². The van der Waals surface area contributed by atoms with Crippen molar-refractivity contribution in [2.75, 3.05) is 29.1 Å². The molecule has 0 radical (unpaired) electrons. The molecule has 0 spiro atoms. The minimum atomic E-state index is -0.454. The first-order valence-corrected chi connectivity index (χ1v) is 10.7.